The molecule has 0 bridgehead atoms. The molecule has 2 nitrogen and oxygen atoms in total. The zero-order valence-corrected chi connectivity index (χ0v) is 9.96. The van der Waals surface area contributed by atoms with E-state index in [9.17, 15) is 4.39 Å². The second kappa shape index (κ2) is 4.93. The topological polar surface area (TPSA) is 15.3 Å². The van der Waals surface area contributed by atoms with Crippen LogP contribution in [0.15, 0.2) is 18.2 Å². The molecule has 1 aromatic rings. The van der Waals surface area contributed by atoms with Crippen LogP contribution in [-0.4, -0.2) is 30.6 Å². The number of halogens is 1. The zero-order valence-electron chi connectivity index (χ0n) is 9.96. The van der Waals surface area contributed by atoms with E-state index in [1.54, 1.807) is 12.1 Å². The number of nitrogens with zero attached hydrogens (tertiary/aromatic N) is 1. The normalized spacial score (nSPS) is 22.3. The highest BCUT2D eigenvalue weighted by Crippen LogP contribution is 2.13. The highest BCUT2D eigenvalue weighted by atomic mass is 19.1. The van der Waals surface area contributed by atoms with Crippen LogP contribution in [-0.2, 0) is 6.54 Å². The zero-order chi connectivity index (χ0) is 11.5. The van der Waals surface area contributed by atoms with Crippen molar-refractivity contribution in [3.05, 3.63) is 35.1 Å². The van der Waals surface area contributed by atoms with Gasteiger partial charge in [-0.1, -0.05) is 6.07 Å². The molecule has 0 saturated carbocycles. The van der Waals surface area contributed by atoms with Crippen LogP contribution in [0.2, 0.25) is 0 Å². The minimum Gasteiger partial charge on any atom is -0.312 e. The molecule has 0 amide bonds. The first-order valence-corrected chi connectivity index (χ1v) is 5.86. The standard InChI is InChI=1S/C13H19FN2/c1-10-7-13(14)4-3-12(10)9-16-6-5-15-11(2)8-16/h3-4,7,11,15H,5-6,8-9H2,1-2H3. The van der Waals surface area contributed by atoms with Crippen LogP contribution in [0.4, 0.5) is 4.39 Å². The molecule has 1 saturated heterocycles. The molecule has 1 aliphatic rings. The van der Waals surface area contributed by atoms with Crippen LogP contribution < -0.4 is 5.32 Å². The molecular weight excluding hydrogens is 203 g/mol. The van der Waals surface area contributed by atoms with Crippen molar-refractivity contribution in [2.24, 2.45) is 0 Å². The number of hydrogen-bond acceptors (Lipinski definition) is 2. The van der Waals surface area contributed by atoms with E-state index in [-0.39, 0.29) is 5.82 Å². The molecule has 0 spiro atoms. The Balaban J connectivity index is 2.02. The van der Waals surface area contributed by atoms with Gasteiger partial charge in [-0.25, -0.2) is 4.39 Å². The van der Waals surface area contributed by atoms with Gasteiger partial charge in [-0.05, 0) is 37.1 Å². The maximum absolute atomic E-state index is 13.0. The number of hydrogen-bond donors (Lipinski definition) is 1. The number of piperazine rings is 1. The largest absolute Gasteiger partial charge is 0.312 e. The molecule has 1 heterocycles. The van der Waals surface area contributed by atoms with Crippen LogP contribution in [0.3, 0.4) is 0 Å². The second-order valence-corrected chi connectivity index (χ2v) is 4.66. The summed E-state index contributed by atoms with van der Waals surface area (Å²) in [4.78, 5) is 2.42. The molecule has 1 aromatic carbocycles. The van der Waals surface area contributed by atoms with Gasteiger partial charge in [-0.3, -0.25) is 4.90 Å². The van der Waals surface area contributed by atoms with E-state index in [1.807, 2.05) is 13.0 Å². The lowest BCUT2D eigenvalue weighted by atomic mass is 10.1. The Hall–Kier alpha value is -0.930. The molecule has 1 fully saturated rings. The van der Waals surface area contributed by atoms with Gasteiger partial charge < -0.3 is 5.32 Å². The van der Waals surface area contributed by atoms with E-state index in [2.05, 4.69) is 17.1 Å². The van der Waals surface area contributed by atoms with E-state index in [1.165, 1.54) is 5.56 Å². The summed E-state index contributed by atoms with van der Waals surface area (Å²) in [6, 6.07) is 5.61. The molecular formula is C13H19FN2. The second-order valence-electron chi connectivity index (χ2n) is 4.66. The molecule has 2 rings (SSSR count). The number of benzene rings is 1. The van der Waals surface area contributed by atoms with Gasteiger partial charge in [0, 0.05) is 32.2 Å². The fraction of sp³-hybridized carbons (Fsp3) is 0.538. The molecule has 0 aliphatic carbocycles. The minimum atomic E-state index is -0.144. The quantitative estimate of drug-likeness (QED) is 0.822. The molecule has 1 aliphatic heterocycles. The fourth-order valence-corrected chi connectivity index (χ4v) is 2.23. The number of nitrogens with one attached hydrogen (secondary N) is 1. The molecule has 3 heteroatoms. The van der Waals surface area contributed by atoms with Gasteiger partial charge in [0.2, 0.25) is 0 Å². The van der Waals surface area contributed by atoms with Crippen molar-refractivity contribution in [1.82, 2.24) is 10.2 Å². The van der Waals surface area contributed by atoms with Gasteiger partial charge in [0.1, 0.15) is 5.82 Å². The van der Waals surface area contributed by atoms with Crippen molar-refractivity contribution in [2.75, 3.05) is 19.6 Å². The van der Waals surface area contributed by atoms with E-state index in [4.69, 9.17) is 0 Å². The molecule has 1 unspecified atom stereocenters. The Labute approximate surface area is 96.5 Å². The van der Waals surface area contributed by atoms with E-state index in [0.717, 1.165) is 31.7 Å². The van der Waals surface area contributed by atoms with Crippen LogP contribution in [0.1, 0.15) is 18.1 Å². The predicted molar refractivity (Wildman–Crippen MR) is 63.9 cm³/mol. The third kappa shape index (κ3) is 2.80. The van der Waals surface area contributed by atoms with Crippen LogP contribution >= 0.6 is 0 Å². The Kier molecular flexibility index (Phi) is 3.56. The summed E-state index contributed by atoms with van der Waals surface area (Å²) in [6.45, 7) is 8.28. The van der Waals surface area contributed by atoms with E-state index in [0.29, 0.717) is 6.04 Å². The van der Waals surface area contributed by atoms with Crippen LogP contribution in [0, 0.1) is 12.7 Å². The molecule has 0 aromatic heterocycles. The first-order chi connectivity index (χ1) is 7.65. The Bertz CT molecular complexity index is 365. The lowest BCUT2D eigenvalue weighted by Crippen LogP contribution is -2.48. The summed E-state index contributed by atoms with van der Waals surface area (Å²) < 4.78 is 13.0. The van der Waals surface area contributed by atoms with Gasteiger partial charge >= 0.3 is 0 Å². The lowest BCUT2D eigenvalue weighted by molar-refractivity contribution is 0.199. The summed E-state index contributed by atoms with van der Waals surface area (Å²) in [5.41, 5.74) is 2.28. The van der Waals surface area contributed by atoms with Crippen LogP contribution in [0.25, 0.3) is 0 Å². The molecule has 0 radical (unpaired) electrons. The van der Waals surface area contributed by atoms with Gasteiger partial charge in [0.15, 0.2) is 0 Å². The highest BCUT2D eigenvalue weighted by Gasteiger charge is 2.16. The summed E-state index contributed by atoms with van der Waals surface area (Å²) >= 11 is 0. The minimum absolute atomic E-state index is 0.144. The van der Waals surface area contributed by atoms with Crippen molar-refractivity contribution in [2.45, 2.75) is 26.4 Å². The monoisotopic (exact) mass is 222 g/mol. The first-order valence-electron chi connectivity index (χ1n) is 5.86. The van der Waals surface area contributed by atoms with Crippen molar-refractivity contribution in [3.8, 4) is 0 Å². The number of aryl methyl sites for hydroxylation is 1. The Morgan fingerprint density at radius 1 is 1.50 bits per heavy atom. The highest BCUT2D eigenvalue weighted by molar-refractivity contribution is 5.26. The van der Waals surface area contributed by atoms with Gasteiger partial charge in [-0.15, -0.1) is 0 Å². The van der Waals surface area contributed by atoms with Crippen molar-refractivity contribution in [1.29, 1.82) is 0 Å². The SMILES string of the molecule is Cc1cc(F)ccc1CN1CCNC(C)C1. The van der Waals surface area contributed by atoms with E-state index >= 15 is 0 Å². The summed E-state index contributed by atoms with van der Waals surface area (Å²) in [7, 11) is 0. The van der Waals surface area contributed by atoms with Gasteiger partial charge in [-0.2, -0.15) is 0 Å². The molecule has 1 atom stereocenters. The van der Waals surface area contributed by atoms with Crippen molar-refractivity contribution < 1.29 is 4.39 Å². The third-order valence-electron chi connectivity index (χ3n) is 3.15. The Morgan fingerprint density at radius 3 is 3.00 bits per heavy atom. The molecule has 88 valence electrons. The lowest BCUT2D eigenvalue weighted by Gasteiger charge is -2.32. The van der Waals surface area contributed by atoms with Gasteiger partial charge in [0.25, 0.3) is 0 Å². The van der Waals surface area contributed by atoms with Crippen LogP contribution in [0.5, 0.6) is 0 Å². The summed E-state index contributed by atoms with van der Waals surface area (Å²) in [5, 5.41) is 3.42. The van der Waals surface area contributed by atoms with Crippen molar-refractivity contribution in [3.63, 3.8) is 0 Å². The fourth-order valence-electron chi connectivity index (χ4n) is 2.23. The average Bonchev–Trinajstić information content (AvgIpc) is 2.22. The first kappa shape index (κ1) is 11.6. The third-order valence-corrected chi connectivity index (χ3v) is 3.15. The predicted octanol–water partition coefficient (Wildman–Crippen LogP) is 1.93. The van der Waals surface area contributed by atoms with Gasteiger partial charge in [0.05, 0.1) is 0 Å². The smallest absolute Gasteiger partial charge is 0.123 e. The molecule has 16 heavy (non-hydrogen) atoms. The Morgan fingerprint density at radius 2 is 2.31 bits per heavy atom. The van der Waals surface area contributed by atoms with Crippen molar-refractivity contribution >= 4 is 0 Å². The maximum atomic E-state index is 13.0. The maximum Gasteiger partial charge on any atom is 0.123 e. The summed E-state index contributed by atoms with van der Waals surface area (Å²) in [5.74, 6) is -0.144. The number of rotatable bonds is 2. The summed E-state index contributed by atoms with van der Waals surface area (Å²) in [6.07, 6.45) is 0. The molecule has 1 N–H and O–H groups in total. The van der Waals surface area contributed by atoms with E-state index < -0.39 is 0 Å². The average molecular weight is 222 g/mol.